The molecular formula is C15H13ClN2O. The fraction of sp³-hybridized carbons (Fsp3) is 0.0667. The lowest BCUT2D eigenvalue weighted by atomic mass is 10.1. The number of aryl methyl sites for hydroxylation is 1. The van der Waals surface area contributed by atoms with Crippen LogP contribution in [0.15, 0.2) is 54.9 Å². The predicted octanol–water partition coefficient (Wildman–Crippen LogP) is 3.85. The largest absolute Gasteiger partial charge is 0.347 e. The van der Waals surface area contributed by atoms with Gasteiger partial charge in [-0.05, 0) is 19.1 Å². The Hall–Kier alpha value is -2.13. The molecule has 2 rings (SSSR count). The summed E-state index contributed by atoms with van der Waals surface area (Å²) in [6.07, 6.45) is 4.58. The molecular weight excluding hydrogens is 260 g/mol. The SMILES string of the molecule is Cc1ccc(C(=O)/C=C\Nc2ccc(Cl)cn2)cc1. The van der Waals surface area contributed by atoms with E-state index < -0.39 is 0 Å². The van der Waals surface area contributed by atoms with Crippen LogP contribution in [-0.2, 0) is 0 Å². The minimum absolute atomic E-state index is 0.0542. The molecule has 0 saturated carbocycles. The molecule has 96 valence electrons. The van der Waals surface area contributed by atoms with Crippen molar-refractivity contribution < 1.29 is 4.79 Å². The summed E-state index contributed by atoms with van der Waals surface area (Å²) < 4.78 is 0. The molecule has 0 aliphatic heterocycles. The molecule has 0 radical (unpaired) electrons. The number of ketones is 1. The molecule has 1 aromatic carbocycles. The molecule has 19 heavy (non-hydrogen) atoms. The molecule has 3 nitrogen and oxygen atoms in total. The van der Waals surface area contributed by atoms with Crippen molar-refractivity contribution in [2.24, 2.45) is 0 Å². The first-order valence-electron chi connectivity index (χ1n) is 5.81. The van der Waals surface area contributed by atoms with Gasteiger partial charge in [0.2, 0.25) is 0 Å². The van der Waals surface area contributed by atoms with E-state index in [2.05, 4.69) is 10.3 Å². The van der Waals surface area contributed by atoms with Gasteiger partial charge in [0, 0.05) is 24.0 Å². The number of allylic oxidation sites excluding steroid dienone is 1. The van der Waals surface area contributed by atoms with Crippen molar-refractivity contribution >= 4 is 23.2 Å². The van der Waals surface area contributed by atoms with Crippen LogP contribution in [0.25, 0.3) is 0 Å². The average molecular weight is 273 g/mol. The monoisotopic (exact) mass is 272 g/mol. The molecule has 0 saturated heterocycles. The molecule has 0 bridgehead atoms. The number of halogens is 1. The second kappa shape index (κ2) is 6.16. The molecule has 1 aromatic heterocycles. The van der Waals surface area contributed by atoms with E-state index in [1.54, 1.807) is 24.5 Å². The van der Waals surface area contributed by atoms with E-state index in [0.29, 0.717) is 16.4 Å². The van der Waals surface area contributed by atoms with Crippen molar-refractivity contribution in [2.75, 3.05) is 5.32 Å². The summed E-state index contributed by atoms with van der Waals surface area (Å²) in [7, 11) is 0. The van der Waals surface area contributed by atoms with E-state index in [4.69, 9.17) is 11.6 Å². The summed E-state index contributed by atoms with van der Waals surface area (Å²) in [5, 5.41) is 3.49. The summed E-state index contributed by atoms with van der Waals surface area (Å²) in [6.45, 7) is 1.98. The number of aromatic nitrogens is 1. The van der Waals surface area contributed by atoms with E-state index in [-0.39, 0.29) is 5.78 Å². The van der Waals surface area contributed by atoms with Crippen LogP contribution in [0.5, 0.6) is 0 Å². The number of carbonyl (C=O) groups is 1. The van der Waals surface area contributed by atoms with E-state index in [9.17, 15) is 4.79 Å². The van der Waals surface area contributed by atoms with Gasteiger partial charge in [-0.3, -0.25) is 4.79 Å². The van der Waals surface area contributed by atoms with Crippen molar-refractivity contribution in [3.05, 3.63) is 71.0 Å². The predicted molar refractivity (Wildman–Crippen MR) is 77.5 cm³/mol. The lowest BCUT2D eigenvalue weighted by molar-refractivity contribution is 0.104. The summed E-state index contributed by atoms with van der Waals surface area (Å²) >= 11 is 5.73. The third-order valence-corrected chi connectivity index (χ3v) is 2.75. The molecule has 2 aromatic rings. The summed E-state index contributed by atoms with van der Waals surface area (Å²) in [5.74, 6) is 0.582. The zero-order valence-electron chi connectivity index (χ0n) is 10.4. The summed E-state index contributed by atoms with van der Waals surface area (Å²) in [4.78, 5) is 15.9. The zero-order chi connectivity index (χ0) is 13.7. The average Bonchev–Trinajstić information content (AvgIpc) is 2.41. The van der Waals surface area contributed by atoms with Crippen LogP contribution in [0.3, 0.4) is 0 Å². The maximum Gasteiger partial charge on any atom is 0.187 e. The van der Waals surface area contributed by atoms with Crippen LogP contribution in [0.1, 0.15) is 15.9 Å². The van der Waals surface area contributed by atoms with Gasteiger partial charge in [-0.1, -0.05) is 41.4 Å². The van der Waals surface area contributed by atoms with Crippen molar-refractivity contribution in [3.63, 3.8) is 0 Å². The number of hydrogen-bond donors (Lipinski definition) is 1. The fourth-order valence-corrected chi connectivity index (χ4v) is 1.59. The fourth-order valence-electron chi connectivity index (χ4n) is 1.48. The van der Waals surface area contributed by atoms with Crippen molar-refractivity contribution in [3.8, 4) is 0 Å². The molecule has 0 unspecified atom stereocenters. The standard InChI is InChI=1S/C15H13ClN2O/c1-11-2-4-12(5-3-11)14(19)8-9-17-15-7-6-13(16)10-18-15/h2-10H,1H3,(H,17,18)/b9-8-. The van der Waals surface area contributed by atoms with Crippen LogP contribution in [0.2, 0.25) is 5.02 Å². The lowest BCUT2D eigenvalue weighted by Gasteiger charge is -1.99. The van der Waals surface area contributed by atoms with Crippen LogP contribution in [-0.4, -0.2) is 10.8 Å². The zero-order valence-corrected chi connectivity index (χ0v) is 11.2. The van der Waals surface area contributed by atoms with Crippen LogP contribution in [0.4, 0.5) is 5.82 Å². The Balaban J connectivity index is 1.97. The highest BCUT2D eigenvalue weighted by Crippen LogP contribution is 2.09. The highest BCUT2D eigenvalue weighted by atomic mass is 35.5. The number of anilines is 1. The number of carbonyl (C=O) groups excluding carboxylic acids is 1. The van der Waals surface area contributed by atoms with Gasteiger partial charge in [-0.15, -0.1) is 0 Å². The smallest absolute Gasteiger partial charge is 0.187 e. The van der Waals surface area contributed by atoms with E-state index in [0.717, 1.165) is 5.56 Å². The van der Waals surface area contributed by atoms with Crippen LogP contribution >= 0.6 is 11.6 Å². The van der Waals surface area contributed by atoms with Gasteiger partial charge in [0.05, 0.1) is 5.02 Å². The third kappa shape index (κ3) is 3.93. The normalized spacial score (nSPS) is 10.6. The second-order valence-corrected chi connectivity index (χ2v) is 4.51. The molecule has 0 atom stereocenters. The number of nitrogens with zero attached hydrogens (tertiary/aromatic N) is 1. The van der Waals surface area contributed by atoms with Gasteiger partial charge in [0.1, 0.15) is 5.82 Å². The summed E-state index contributed by atoms with van der Waals surface area (Å²) in [5.41, 5.74) is 1.79. The highest BCUT2D eigenvalue weighted by molar-refractivity contribution is 6.30. The van der Waals surface area contributed by atoms with Gasteiger partial charge in [0.15, 0.2) is 5.78 Å². The number of rotatable bonds is 4. The van der Waals surface area contributed by atoms with Crippen LogP contribution in [0, 0.1) is 6.92 Å². The van der Waals surface area contributed by atoms with Gasteiger partial charge in [-0.2, -0.15) is 0 Å². The molecule has 0 spiro atoms. The first-order chi connectivity index (χ1) is 9.15. The van der Waals surface area contributed by atoms with E-state index in [1.165, 1.54) is 6.08 Å². The second-order valence-electron chi connectivity index (χ2n) is 4.07. The summed E-state index contributed by atoms with van der Waals surface area (Å²) in [6, 6.07) is 10.9. The Labute approximate surface area is 116 Å². The maximum atomic E-state index is 11.8. The third-order valence-electron chi connectivity index (χ3n) is 2.53. The first kappa shape index (κ1) is 13.3. The Morgan fingerprint density at radius 3 is 2.58 bits per heavy atom. The van der Waals surface area contributed by atoms with Crippen molar-refractivity contribution in [1.29, 1.82) is 0 Å². The first-order valence-corrected chi connectivity index (χ1v) is 6.18. The van der Waals surface area contributed by atoms with Gasteiger partial charge >= 0.3 is 0 Å². The van der Waals surface area contributed by atoms with E-state index >= 15 is 0 Å². The Morgan fingerprint density at radius 1 is 1.21 bits per heavy atom. The van der Waals surface area contributed by atoms with Gasteiger partial charge in [-0.25, -0.2) is 4.98 Å². The molecule has 0 fully saturated rings. The molecule has 0 aliphatic carbocycles. The number of hydrogen-bond acceptors (Lipinski definition) is 3. The van der Waals surface area contributed by atoms with Crippen molar-refractivity contribution in [2.45, 2.75) is 6.92 Å². The molecule has 4 heteroatoms. The topological polar surface area (TPSA) is 42.0 Å². The molecule has 0 amide bonds. The van der Waals surface area contributed by atoms with Crippen molar-refractivity contribution in [1.82, 2.24) is 4.98 Å². The Morgan fingerprint density at radius 2 is 1.95 bits per heavy atom. The minimum atomic E-state index is -0.0542. The Bertz CT molecular complexity index is 589. The lowest BCUT2D eigenvalue weighted by Crippen LogP contribution is -1.97. The molecule has 0 aliphatic rings. The van der Waals surface area contributed by atoms with Gasteiger partial charge < -0.3 is 5.32 Å². The van der Waals surface area contributed by atoms with Gasteiger partial charge in [0.25, 0.3) is 0 Å². The van der Waals surface area contributed by atoms with E-state index in [1.807, 2.05) is 31.2 Å². The number of benzene rings is 1. The molecule has 1 heterocycles. The quantitative estimate of drug-likeness (QED) is 0.679. The van der Waals surface area contributed by atoms with Crippen LogP contribution < -0.4 is 5.32 Å². The Kier molecular flexibility index (Phi) is 4.31. The maximum absolute atomic E-state index is 11.8. The minimum Gasteiger partial charge on any atom is -0.347 e. The number of nitrogens with one attached hydrogen (secondary N) is 1. The number of pyridine rings is 1. The molecule has 1 N–H and O–H groups in total. The highest BCUT2D eigenvalue weighted by Gasteiger charge is 2.00.